The molecule has 1 heterocycles. The zero-order chi connectivity index (χ0) is 23.5. The minimum absolute atomic E-state index is 0.00253. The van der Waals surface area contributed by atoms with Gasteiger partial charge in [-0.25, -0.2) is 14.1 Å². The maximum absolute atomic E-state index is 14.9. The summed E-state index contributed by atoms with van der Waals surface area (Å²) >= 11 is 12.0. The van der Waals surface area contributed by atoms with Crippen LogP contribution in [0.2, 0.25) is 10.0 Å². The van der Waals surface area contributed by atoms with Crippen molar-refractivity contribution in [2.24, 2.45) is 0 Å². The molecule has 0 aliphatic carbocycles. The quantitative estimate of drug-likeness (QED) is 0.495. The lowest BCUT2D eigenvalue weighted by Gasteiger charge is -2.29. The second-order valence-electron chi connectivity index (χ2n) is 7.77. The second kappa shape index (κ2) is 9.91. The fourth-order valence-electron chi connectivity index (χ4n) is 3.99. The number of rotatable bonds is 6. The van der Waals surface area contributed by atoms with Gasteiger partial charge < -0.3 is 9.84 Å². The second-order valence-corrected chi connectivity index (χ2v) is 8.64. The summed E-state index contributed by atoms with van der Waals surface area (Å²) in [7, 11) is 0. The lowest BCUT2D eigenvalue weighted by atomic mass is 9.87. The van der Waals surface area contributed by atoms with Gasteiger partial charge in [-0.1, -0.05) is 71.7 Å². The van der Waals surface area contributed by atoms with E-state index in [1.807, 2.05) is 30.3 Å². The van der Waals surface area contributed by atoms with E-state index >= 15 is 0 Å². The van der Waals surface area contributed by atoms with Crippen molar-refractivity contribution in [1.82, 2.24) is 4.90 Å². The maximum atomic E-state index is 14.9. The minimum atomic E-state index is -1.47. The number of imide groups is 1. The fourth-order valence-corrected chi connectivity index (χ4v) is 4.35. The molecule has 3 unspecified atom stereocenters. The number of ether oxygens (including phenoxy) is 1. The molecular formula is C25H20Cl2FNO4. The predicted octanol–water partition coefficient (Wildman–Crippen LogP) is 5.54. The molecule has 3 aromatic rings. The first-order chi connectivity index (χ1) is 15.8. The smallest absolute Gasteiger partial charge is 0.417 e. The Bertz CT molecular complexity index is 1170. The predicted molar refractivity (Wildman–Crippen MR) is 123 cm³/mol. The van der Waals surface area contributed by atoms with E-state index in [9.17, 15) is 19.1 Å². The Balaban J connectivity index is 1.73. The summed E-state index contributed by atoms with van der Waals surface area (Å²) in [5.41, 5.74) is 1.13. The Kier molecular flexibility index (Phi) is 6.98. The highest BCUT2D eigenvalue weighted by Crippen LogP contribution is 2.37. The van der Waals surface area contributed by atoms with Crippen LogP contribution in [0.5, 0.6) is 0 Å². The highest BCUT2D eigenvalue weighted by atomic mass is 35.5. The van der Waals surface area contributed by atoms with Crippen LogP contribution in [-0.4, -0.2) is 34.7 Å². The van der Waals surface area contributed by atoms with Crippen LogP contribution in [0.4, 0.5) is 9.18 Å². The molecule has 1 aliphatic rings. The number of aliphatic hydroxyl groups is 1. The molecule has 1 saturated heterocycles. The largest absolute Gasteiger partial charge is 0.447 e. The van der Waals surface area contributed by atoms with Gasteiger partial charge in [-0.2, -0.15) is 0 Å². The van der Waals surface area contributed by atoms with Crippen LogP contribution in [0.3, 0.4) is 0 Å². The van der Waals surface area contributed by atoms with Crippen LogP contribution in [0.1, 0.15) is 28.7 Å². The first-order valence-electron chi connectivity index (χ1n) is 10.3. The molecule has 33 heavy (non-hydrogen) atoms. The summed E-state index contributed by atoms with van der Waals surface area (Å²) in [6.45, 7) is 0.00253. The van der Waals surface area contributed by atoms with Gasteiger partial charge in [-0.3, -0.25) is 4.79 Å². The van der Waals surface area contributed by atoms with Crippen LogP contribution in [0.25, 0.3) is 0 Å². The standard InChI is InChI=1S/C25H20Cl2FNO4/c26-17-8-4-7-16(12-17)23(30)22(20-10-9-18(27)13-21(20)28)24(31)29-19(14-33-25(29)32)11-15-5-2-1-3-6-15/h1-10,12-13,19,22-23,30H,11,14H2. The molecule has 2 amide bonds. The average molecular weight is 488 g/mol. The molecule has 4 rings (SSSR count). The zero-order valence-electron chi connectivity index (χ0n) is 17.3. The van der Waals surface area contributed by atoms with E-state index in [1.54, 1.807) is 18.2 Å². The topological polar surface area (TPSA) is 66.8 Å². The summed E-state index contributed by atoms with van der Waals surface area (Å²) in [4.78, 5) is 27.3. The minimum Gasteiger partial charge on any atom is -0.447 e. The molecule has 3 aromatic carbocycles. The molecule has 1 aliphatic heterocycles. The van der Waals surface area contributed by atoms with E-state index < -0.39 is 35.9 Å². The van der Waals surface area contributed by atoms with Crippen LogP contribution >= 0.6 is 23.2 Å². The van der Waals surface area contributed by atoms with Gasteiger partial charge in [0.15, 0.2) is 0 Å². The van der Waals surface area contributed by atoms with Crippen molar-refractivity contribution in [3.05, 3.63) is 105 Å². The van der Waals surface area contributed by atoms with Gasteiger partial charge in [0.25, 0.3) is 0 Å². The van der Waals surface area contributed by atoms with Crippen molar-refractivity contribution in [2.45, 2.75) is 24.5 Å². The first-order valence-corrected chi connectivity index (χ1v) is 11.0. The summed E-state index contributed by atoms with van der Waals surface area (Å²) < 4.78 is 20.1. The number of nitrogens with zero attached hydrogens (tertiary/aromatic N) is 1. The molecule has 5 nitrogen and oxygen atoms in total. The molecule has 0 bridgehead atoms. The number of benzene rings is 3. The molecule has 170 valence electrons. The van der Waals surface area contributed by atoms with Gasteiger partial charge in [0.1, 0.15) is 12.4 Å². The highest BCUT2D eigenvalue weighted by molar-refractivity contribution is 6.30. The van der Waals surface area contributed by atoms with Crippen molar-refractivity contribution in [2.75, 3.05) is 6.61 Å². The third-order valence-electron chi connectivity index (χ3n) is 5.58. The van der Waals surface area contributed by atoms with Crippen LogP contribution in [-0.2, 0) is 16.0 Å². The van der Waals surface area contributed by atoms with Crippen LogP contribution in [0.15, 0.2) is 72.8 Å². The lowest BCUT2D eigenvalue weighted by Crippen LogP contribution is -2.44. The molecule has 0 radical (unpaired) electrons. The van der Waals surface area contributed by atoms with E-state index in [1.165, 1.54) is 18.2 Å². The van der Waals surface area contributed by atoms with E-state index in [-0.39, 0.29) is 17.2 Å². The molecule has 8 heteroatoms. The number of cyclic esters (lactones) is 1. The monoisotopic (exact) mass is 487 g/mol. The van der Waals surface area contributed by atoms with Gasteiger partial charge in [0.05, 0.1) is 18.1 Å². The third kappa shape index (κ3) is 5.03. The number of carbonyl (C=O) groups excluding carboxylic acids is 2. The number of hydrogen-bond donors (Lipinski definition) is 1. The molecule has 0 aromatic heterocycles. The van der Waals surface area contributed by atoms with E-state index in [2.05, 4.69) is 0 Å². The number of carbonyl (C=O) groups is 2. The summed E-state index contributed by atoms with van der Waals surface area (Å²) in [6, 6.07) is 18.8. The number of hydrogen-bond acceptors (Lipinski definition) is 4. The highest BCUT2D eigenvalue weighted by Gasteiger charge is 2.44. The van der Waals surface area contributed by atoms with E-state index in [0.29, 0.717) is 17.0 Å². The van der Waals surface area contributed by atoms with Gasteiger partial charge in [0, 0.05) is 15.6 Å². The first kappa shape index (κ1) is 23.2. The molecule has 1 fully saturated rings. The summed E-state index contributed by atoms with van der Waals surface area (Å²) in [6.07, 6.45) is -1.95. The average Bonchev–Trinajstić information content (AvgIpc) is 3.15. The normalized spacial score (nSPS) is 17.5. The van der Waals surface area contributed by atoms with Gasteiger partial charge in [0.2, 0.25) is 5.91 Å². The molecular weight excluding hydrogens is 468 g/mol. The van der Waals surface area contributed by atoms with E-state index in [4.69, 9.17) is 27.9 Å². The Morgan fingerprint density at radius 3 is 2.48 bits per heavy atom. The van der Waals surface area contributed by atoms with E-state index in [0.717, 1.165) is 16.5 Å². The van der Waals surface area contributed by atoms with Crippen molar-refractivity contribution in [3.63, 3.8) is 0 Å². The lowest BCUT2D eigenvalue weighted by molar-refractivity contribution is -0.133. The van der Waals surface area contributed by atoms with Crippen LogP contribution in [0, 0.1) is 5.82 Å². The summed E-state index contributed by atoms with van der Waals surface area (Å²) in [5.74, 6) is -2.97. The van der Waals surface area contributed by atoms with Crippen molar-refractivity contribution in [1.29, 1.82) is 0 Å². The van der Waals surface area contributed by atoms with Gasteiger partial charge >= 0.3 is 6.09 Å². The van der Waals surface area contributed by atoms with Gasteiger partial charge in [-0.15, -0.1) is 0 Å². The SMILES string of the molecule is O=C1OCC(Cc2ccccc2)N1C(=O)C(c1ccc(Cl)cc1F)C(O)c1cccc(Cl)c1. The fraction of sp³-hybridized carbons (Fsp3) is 0.200. The Morgan fingerprint density at radius 2 is 1.79 bits per heavy atom. The molecule has 0 spiro atoms. The number of aliphatic hydroxyl groups excluding tert-OH is 1. The van der Waals surface area contributed by atoms with Crippen LogP contribution < -0.4 is 0 Å². The Morgan fingerprint density at radius 1 is 1.06 bits per heavy atom. The maximum Gasteiger partial charge on any atom is 0.417 e. The summed E-state index contributed by atoms with van der Waals surface area (Å²) in [5, 5.41) is 11.7. The molecule has 0 saturated carbocycles. The third-order valence-corrected chi connectivity index (χ3v) is 6.05. The van der Waals surface area contributed by atoms with Crippen molar-refractivity contribution < 1.29 is 23.8 Å². The zero-order valence-corrected chi connectivity index (χ0v) is 18.8. The van der Waals surface area contributed by atoms with Crippen molar-refractivity contribution >= 4 is 35.2 Å². The Hall–Kier alpha value is -2.93. The number of amides is 2. The molecule has 1 N–H and O–H groups in total. The molecule has 3 atom stereocenters. The Labute approximate surface area is 200 Å². The van der Waals surface area contributed by atoms with Crippen molar-refractivity contribution in [3.8, 4) is 0 Å². The number of halogens is 3. The van der Waals surface area contributed by atoms with Gasteiger partial charge in [-0.05, 0) is 41.8 Å².